The third-order valence-electron chi connectivity index (χ3n) is 4.00. The summed E-state index contributed by atoms with van der Waals surface area (Å²) in [6.45, 7) is -2.97. The maximum atomic E-state index is 13.6. The third kappa shape index (κ3) is 4.29. The molecule has 3 N–H and O–H groups in total. The van der Waals surface area contributed by atoms with E-state index >= 15 is 0 Å². The van der Waals surface area contributed by atoms with Crippen LogP contribution in [0.3, 0.4) is 0 Å². The van der Waals surface area contributed by atoms with Crippen LogP contribution in [0.5, 0.6) is 5.75 Å². The minimum Gasteiger partial charge on any atom is -0.435 e. The van der Waals surface area contributed by atoms with E-state index in [0.29, 0.717) is 5.69 Å². The molecule has 0 aliphatic rings. The molecule has 160 valence electrons. The van der Waals surface area contributed by atoms with E-state index in [2.05, 4.69) is 30.0 Å². The van der Waals surface area contributed by atoms with Crippen LogP contribution >= 0.6 is 0 Å². The number of alkyl halides is 5. The van der Waals surface area contributed by atoms with Crippen LogP contribution in [-0.4, -0.2) is 30.9 Å². The van der Waals surface area contributed by atoms with Crippen LogP contribution in [-0.2, 0) is 6.18 Å². The Kier molecular flexibility index (Phi) is 5.01. The fourth-order valence-electron chi connectivity index (χ4n) is 2.81. The number of halogens is 5. The van der Waals surface area contributed by atoms with E-state index in [1.807, 2.05) is 0 Å². The first-order valence-corrected chi connectivity index (χ1v) is 8.59. The van der Waals surface area contributed by atoms with Gasteiger partial charge in [-0.05, 0) is 36.4 Å². The van der Waals surface area contributed by atoms with Crippen LogP contribution in [0.1, 0.15) is 5.69 Å². The Morgan fingerprint density at radius 1 is 0.968 bits per heavy atom. The van der Waals surface area contributed by atoms with Gasteiger partial charge < -0.3 is 15.8 Å². The third-order valence-corrected chi connectivity index (χ3v) is 4.00. The average Bonchev–Trinajstić information content (AvgIpc) is 3.09. The van der Waals surface area contributed by atoms with E-state index in [9.17, 15) is 22.0 Å². The Hall–Kier alpha value is -4.03. The Bertz CT molecular complexity index is 1220. The number of nitrogens with one attached hydrogen (secondary N) is 1. The van der Waals surface area contributed by atoms with Gasteiger partial charge >= 0.3 is 12.8 Å². The first kappa shape index (κ1) is 20.3. The van der Waals surface area contributed by atoms with E-state index in [4.69, 9.17) is 5.73 Å². The quantitative estimate of drug-likeness (QED) is 0.453. The molecule has 0 saturated carbocycles. The molecule has 0 fully saturated rings. The van der Waals surface area contributed by atoms with Crippen LogP contribution in [0.2, 0.25) is 0 Å². The number of pyridine rings is 1. The van der Waals surface area contributed by atoms with Gasteiger partial charge in [-0.3, -0.25) is 4.40 Å². The van der Waals surface area contributed by atoms with Crippen molar-refractivity contribution >= 4 is 23.2 Å². The molecule has 4 aromatic rings. The van der Waals surface area contributed by atoms with Crippen molar-refractivity contribution in [1.29, 1.82) is 0 Å². The average molecular weight is 437 g/mol. The summed E-state index contributed by atoms with van der Waals surface area (Å²) in [7, 11) is 0. The number of anilines is 3. The first-order valence-electron chi connectivity index (χ1n) is 8.59. The summed E-state index contributed by atoms with van der Waals surface area (Å²) >= 11 is 0. The smallest absolute Gasteiger partial charge is 0.435 e. The highest BCUT2D eigenvalue weighted by atomic mass is 19.4. The van der Waals surface area contributed by atoms with Crippen molar-refractivity contribution in [3.8, 4) is 17.3 Å². The maximum Gasteiger partial charge on any atom is 0.435 e. The molecular formula is C18H12F5N7O. The molecule has 0 aliphatic carbocycles. The molecule has 31 heavy (non-hydrogen) atoms. The summed E-state index contributed by atoms with van der Waals surface area (Å²) < 4.78 is 70.7. The van der Waals surface area contributed by atoms with Crippen molar-refractivity contribution in [1.82, 2.24) is 24.3 Å². The summed E-state index contributed by atoms with van der Waals surface area (Å²) in [6, 6.07) is 9.82. The number of hydrogen-bond acceptors (Lipinski definition) is 7. The van der Waals surface area contributed by atoms with Crippen molar-refractivity contribution < 1.29 is 26.7 Å². The fourth-order valence-corrected chi connectivity index (χ4v) is 2.81. The van der Waals surface area contributed by atoms with Gasteiger partial charge in [-0.25, -0.2) is 4.98 Å². The number of nitrogens with two attached hydrogens (primary N) is 1. The molecular weight excluding hydrogens is 425 g/mol. The summed E-state index contributed by atoms with van der Waals surface area (Å²) in [5, 5.41) is 2.74. The number of benzene rings is 1. The molecule has 0 saturated heterocycles. The van der Waals surface area contributed by atoms with Gasteiger partial charge in [-0.2, -0.15) is 36.9 Å². The molecule has 0 bridgehead atoms. The Balaban J connectivity index is 1.74. The lowest BCUT2D eigenvalue weighted by molar-refractivity contribution is -0.140. The van der Waals surface area contributed by atoms with Crippen molar-refractivity contribution in [2.45, 2.75) is 12.8 Å². The van der Waals surface area contributed by atoms with Crippen LogP contribution in [0.25, 0.3) is 17.2 Å². The van der Waals surface area contributed by atoms with E-state index in [-0.39, 0.29) is 29.1 Å². The van der Waals surface area contributed by atoms with Gasteiger partial charge in [0.2, 0.25) is 11.9 Å². The highest BCUT2D eigenvalue weighted by Gasteiger charge is 2.39. The second-order valence-electron chi connectivity index (χ2n) is 6.10. The molecule has 0 atom stereocenters. The molecule has 1 aromatic carbocycles. The Morgan fingerprint density at radius 2 is 1.71 bits per heavy atom. The van der Waals surface area contributed by atoms with Gasteiger partial charge in [0.15, 0.2) is 11.5 Å². The number of hydrogen-bond donors (Lipinski definition) is 2. The number of nitrogen functional groups attached to an aromatic ring is 1. The molecule has 0 aliphatic heterocycles. The zero-order valence-corrected chi connectivity index (χ0v) is 15.3. The van der Waals surface area contributed by atoms with Crippen molar-refractivity contribution in [2.24, 2.45) is 0 Å². The molecule has 3 heterocycles. The van der Waals surface area contributed by atoms with E-state index < -0.39 is 24.2 Å². The second kappa shape index (κ2) is 7.66. The van der Waals surface area contributed by atoms with Crippen LogP contribution in [0.15, 0.2) is 48.7 Å². The van der Waals surface area contributed by atoms with Gasteiger partial charge in [0.05, 0.1) is 0 Å². The standard InChI is InChI=1S/C18H12F5N7O/c19-15(20)31-10-6-4-9(5-7-10)25-17-28-14(27-16(24)29-17)12-13(18(21,22)23)26-11-3-1-2-8-30(11)12/h1-8,15H,(H3,24,25,27,28,29). The van der Waals surface area contributed by atoms with E-state index in [1.54, 1.807) is 6.07 Å². The second-order valence-corrected chi connectivity index (χ2v) is 6.10. The Labute approximate surface area is 170 Å². The molecule has 0 unspecified atom stereocenters. The van der Waals surface area contributed by atoms with Crippen molar-refractivity contribution in [2.75, 3.05) is 11.1 Å². The largest absolute Gasteiger partial charge is 0.435 e. The molecule has 3 aromatic heterocycles. The lowest BCUT2D eigenvalue weighted by Gasteiger charge is -2.10. The molecule has 8 nitrogen and oxygen atoms in total. The molecule has 0 radical (unpaired) electrons. The number of aromatic nitrogens is 5. The maximum absolute atomic E-state index is 13.6. The topological polar surface area (TPSA) is 103 Å². The Morgan fingerprint density at radius 3 is 2.39 bits per heavy atom. The number of rotatable bonds is 5. The first-order chi connectivity index (χ1) is 14.7. The lowest BCUT2D eigenvalue weighted by Crippen LogP contribution is -2.11. The van der Waals surface area contributed by atoms with Gasteiger partial charge in [0, 0.05) is 11.9 Å². The molecule has 13 heteroatoms. The number of fused-ring (bicyclic) bond motifs is 1. The minimum absolute atomic E-state index is 0.0490. The summed E-state index contributed by atoms with van der Waals surface area (Å²) in [5.74, 6) is -0.899. The van der Waals surface area contributed by atoms with Crippen LogP contribution < -0.4 is 15.8 Å². The SMILES string of the molecule is Nc1nc(Nc2ccc(OC(F)F)cc2)nc(-c2c(C(F)(F)F)nc3ccccn23)n1. The van der Waals surface area contributed by atoms with E-state index in [1.165, 1.54) is 47.0 Å². The van der Waals surface area contributed by atoms with E-state index in [0.717, 1.165) is 0 Å². The minimum atomic E-state index is -4.77. The van der Waals surface area contributed by atoms with Crippen molar-refractivity contribution in [3.63, 3.8) is 0 Å². The highest BCUT2D eigenvalue weighted by molar-refractivity contribution is 5.65. The predicted octanol–water partition coefficient (Wildman–Crippen LogP) is 4.13. The number of imidazole rings is 1. The zero-order valence-electron chi connectivity index (χ0n) is 15.3. The molecule has 0 amide bonds. The monoisotopic (exact) mass is 437 g/mol. The summed E-state index contributed by atoms with van der Waals surface area (Å²) in [4.78, 5) is 15.4. The number of nitrogens with zero attached hydrogens (tertiary/aromatic N) is 5. The molecule has 4 rings (SSSR count). The highest BCUT2D eigenvalue weighted by Crippen LogP contribution is 2.36. The van der Waals surface area contributed by atoms with Gasteiger partial charge in [0.1, 0.15) is 17.1 Å². The number of ether oxygens (including phenoxy) is 1. The fraction of sp³-hybridized carbons (Fsp3) is 0.111. The lowest BCUT2D eigenvalue weighted by atomic mass is 10.3. The van der Waals surface area contributed by atoms with Crippen molar-refractivity contribution in [3.05, 3.63) is 54.4 Å². The van der Waals surface area contributed by atoms with Crippen LogP contribution in [0, 0.1) is 0 Å². The zero-order chi connectivity index (χ0) is 22.2. The summed E-state index contributed by atoms with van der Waals surface area (Å²) in [6.07, 6.45) is -3.38. The van der Waals surface area contributed by atoms with Gasteiger partial charge in [0.25, 0.3) is 0 Å². The van der Waals surface area contributed by atoms with Crippen LogP contribution in [0.4, 0.5) is 39.5 Å². The predicted molar refractivity (Wildman–Crippen MR) is 99.8 cm³/mol. The van der Waals surface area contributed by atoms with Gasteiger partial charge in [-0.15, -0.1) is 0 Å². The summed E-state index contributed by atoms with van der Waals surface area (Å²) in [5.41, 5.74) is 4.51. The normalized spacial score (nSPS) is 11.8. The van der Waals surface area contributed by atoms with Gasteiger partial charge in [-0.1, -0.05) is 6.07 Å². The molecule has 0 spiro atoms.